The maximum Gasteiger partial charge on any atom is 0.472 e. The number of ether oxygens (including phenoxy) is 4. The number of phosphoric acid groups is 2. The van der Waals surface area contributed by atoms with Gasteiger partial charge in [-0.2, -0.15) is 0 Å². The van der Waals surface area contributed by atoms with Crippen LogP contribution < -0.4 is 0 Å². The van der Waals surface area contributed by atoms with E-state index in [1.807, 2.05) is 18.2 Å². The Morgan fingerprint density at radius 3 is 0.777 bits per heavy atom. The third-order valence-corrected chi connectivity index (χ3v) is 18.9. The van der Waals surface area contributed by atoms with Gasteiger partial charge in [0, 0.05) is 25.7 Å². The third kappa shape index (κ3) is 81.9. The van der Waals surface area contributed by atoms with Crippen molar-refractivity contribution in [1.82, 2.24) is 0 Å². The molecule has 0 saturated carbocycles. The average Bonchev–Trinajstić information content (AvgIpc) is 0.898. The maximum absolute atomic E-state index is 13.2. The second kappa shape index (κ2) is 82.9. The van der Waals surface area contributed by atoms with Crippen molar-refractivity contribution in [3.63, 3.8) is 0 Å². The van der Waals surface area contributed by atoms with Crippen LogP contribution in [0, 0.1) is 0 Å². The first-order chi connectivity index (χ1) is 54.7. The van der Waals surface area contributed by atoms with Gasteiger partial charge in [-0.1, -0.05) is 299 Å². The number of carbonyl (C=O) groups is 4. The van der Waals surface area contributed by atoms with Crippen LogP contribution in [0.4, 0.5) is 0 Å². The van der Waals surface area contributed by atoms with Crippen LogP contribution in [0.5, 0.6) is 0 Å². The molecule has 0 aromatic carbocycles. The van der Waals surface area contributed by atoms with Gasteiger partial charge < -0.3 is 33.8 Å². The van der Waals surface area contributed by atoms with Gasteiger partial charge in [-0.15, -0.1) is 0 Å². The van der Waals surface area contributed by atoms with E-state index >= 15 is 0 Å². The Hall–Kier alpha value is -6.10. The second-order valence-corrected chi connectivity index (χ2v) is 30.6. The predicted octanol–water partition coefficient (Wildman–Crippen LogP) is 25.7. The molecule has 0 amide bonds. The predicted molar refractivity (Wildman–Crippen MR) is 463 cm³/mol. The molecule has 0 aliphatic rings. The Morgan fingerprint density at radius 1 is 0.259 bits per heavy atom. The fourth-order valence-corrected chi connectivity index (χ4v) is 12.2. The van der Waals surface area contributed by atoms with E-state index in [1.165, 1.54) is 38.5 Å². The lowest BCUT2D eigenvalue weighted by Gasteiger charge is -2.21. The van der Waals surface area contributed by atoms with Gasteiger partial charge in [0.25, 0.3) is 0 Å². The molecule has 634 valence electrons. The number of aliphatic hydroxyl groups excluding tert-OH is 1. The summed E-state index contributed by atoms with van der Waals surface area (Å²) in [7, 11) is -10.0. The lowest BCUT2D eigenvalue weighted by molar-refractivity contribution is -0.161. The lowest BCUT2D eigenvalue weighted by atomic mass is 10.1. The van der Waals surface area contributed by atoms with Crippen LogP contribution in [0.25, 0.3) is 0 Å². The molecular weight excluding hydrogens is 1450 g/mol. The number of phosphoric ester groups is 2. The third-order valence-electron chi connectivity index (χ3n) is 17.0. The molecule has 0 aromatic heterocycles. The Morgan fingerprint density at radius 2 is 0.482 bits per heavy atom. The standard InChI is InChI=1S/C93H150O17P2/c1-5-9-13-17-21-25-29-33-37-40-43-46-50-53-57-61-65-69-73-77-90(95)103-83-88(109-92(97)79-75-71-67-63-59-55-49-36-32-28-24-20-16-12-8-4)85-107-111(99,100)105-81-87(94)82-106-112(101,102)108-86-89(110-93(98)80-76-72-68-64-60-56-52-48-45-42-39-35-31-27-23-19-15-11-7-3)84-104-91(96)78-74-70-66-62-58-54-51-47-44-41-38-34-30-26-22-18-14-10-6-2/h9-10,13-14,21-28,33-39,43-49,53-54,57-58,65,69,87-89,94H,5-8,11-12,15-20,29-32,40-42,50-52,55-56,59-64,66-68,70-86H2,1-4H3,(H,99,100)(H,101,102)/b13-9-,14-10-,25-21-,26-22-,27-23-,28-24-,37-33-,38-34-,39-35-,46-43-,47-44-,48-45-,49-36-,57-53-,58-54-,69-65-. The highest BCUT2D eigenvalue weighted by atomic mass is 31.2. The molecule has 112 heavy (non-hydrogen) atoms. The molecule has 0 aromatic rings. The molecule has 0 heterocycles. The summed E-state index contributed by atoms with van der Waals surface area (Å²) < 4.78 is 68.7. The number of unbranched alkanes of at least 4 members (excludes halogenated alkanes) is 20. The minimum absolute atomic E-state index is 0.0255. The molecule has 0 radical (unpaired) electrons. The highest BCUT2D eigenvalue weighted by Crippen LogP contribution is 2.45. The number of aliphatic hydroxyl groups is 1. The van der Waals surface area contributed by atoms with Gasteiger partial charge in [0.05, 0.1) is 26.4 Å². The summed E-state index contributed by atoms with van der Waals surface area (Å²) in [5.74, 6) is -2.35. The Bertz CT molecular complexity index is 2890. The summed E-state index contributed by atoms with van der Waals surface area (Å²) in [5.41, 5.74) is 0. The fourth-order valence-electron chi connectivity index (χ4n) is 10.6. The van der Waals surface area contributed by atoms with E-state index in [-0.39, 0.29) is 25.7 Å². The first-order valence-electron chi connectivity index (χ1n) is 42.7. The molecule has 0 spiro atoms. The van der Waals surface area contributed by atoms with Crippen molar-refractivity contribution < 1.29 is 80.2 Å². The monoisotopic (exact) mass is 1600 g/mol. The minimum atomic E-state index is -5.01. The fraction of sp³-hybridized carbons (Fsp3) is 0.613. The van der Waals surface area contributed by atoms with E-state index in [4.69, 9.17) is 37.0 Å². The molecular formula is C93H150O17P2. The molecule has 17 nitrogen and oxygen atoms in total. The number of carbonyl (C=O) groups excluding carboxylic acids is 4. The van der Waals surface area contributed by atoms with E-state index in [0.29, 0.717) is 32.1 Å². The first kappa shape index (κ1) is 106. The number of hydrogen-bond acceptors (Lipinski definition) is 15. The zero-order valence-electron chi connectivity index (χ0n) is 69.5. The topological polar surface area (TPSA) is 237 Å². The molecule has 0 bridgehead atoms. The summed E-state index contributed by atoms with van der Waals surface area (Å²) >= 11 is 0. The maximum atomic E-state index is 13.2. The van der Waals surface area contributed by atoms with Crippen LogP contribution in [0.1, 0.15) is 310 Å². The molecule has 0 aliphatic heterocycles. The molecule has 3 N–H and O–H groups in total. The van der Waals surface area contributed by atoms with Crippen molar-refractivity contribution in [1.29, 1.82) is 0 Å². The smallest absolute Gasteiger partial charge is 0.462 e. The normalized spacial score (nSPS) is 14.7. The number of rotatable bonds is 78. The Kier molecular flexibility index (Phi) is 78.4. The Balaban J connectivity index is 5.52. The van der Waals surface area contributed by atoms with Crippen molar-refractivity contribution >= 4 is 39.5 Å². The molecule has 0 rings (SSSR count). The largest absolute Gasteiger partial charge is 0.472 e. The summed E-state index contributed by atoms with van der Waals surface area (Å²) in [4.78, 5) is 73.3. The lowest BCUT2D eigenvalue weighted by Crippen LogP contribution is -2.30. The summed E-state index contributed by atoms with van der Waals surface area (Å²) in [6.45, 7) is 4.44. The SMILES string of the molecule is CC/C=C\C/C=C\C/C=C\C/C=C\C/C=C\C/C=C\CCC(=O)OCC(COP(=O)(O)OCC(O)COP(=O)(O)OCC(COC(=O)CCCCC/C=C\C/C=C\C/C=C\C/C=C\C/C=C\CC)OC(=O)CCCCCCCC/C=C\C/C=C\C/C=C\CCCCC)OC(=O)CCCCCCC/C=C\C/C=C\CCCCC. The summed E-state index contributed by atoms with van der Waals surface area (Å²) in [6.07, 6.45) is 103. The van der Waals surface area contributed by atoms with Crippen LogP contribution in [-0.2, 0) is 65.4 Å². The molecule has 19 heteroatoms. The summed E-state index contributed by atoms with van der Waals surface area (Å²) in [6, 6.07) is 0. The quantitative estimate of drug-likeness (QED) is 0.0169. The minimum Gasteiger partial charge on any atom is -0.462 e. The molecule has 5 atom stereocenters. The molecule has 5 unspecified atom stereocenters. The first-order valence-corrected chi connectivity index (χ1v) is 45.7. The van der Waals surface area contributed by atoms with E-state index in [1.54, 1.807) is 0 Å². The molecule has 0 aliphatic carbocycles. The number of esters is 4. The van der Waals surface area contributed by atoms with Crippen LogP contribution >= 0.6 is 15.6 Å². The van der Waals surface area contributed by atoms with E-state index in [2.05, 4.69) is 204 Å². The van der Waals surface area contributed by atoms with Gasteiger partial charge in [0.2, 0.25) is 0 Å². The average molecular weight is 1600 g/mol. The molecule has 0 fully saturated rings. The van der Waals surface area contributed by atoms with Crippen molar-refractivity contribution in [3.05, 3.63) is 194 Å². The number of hydrogen-bond donors (Lipinski definition) is 3. The van der Waals surface area contributed by atoms with E-state index in [0.717, 1.165) is 186 Å². The summed E-state index contributed by atoms with van der Waals surface area (Å²) in [5, 5.41) is 10.7. The van der Waals surface area contributed by atoms with Gasteiger partial charge in [-0.25, -0.2) is 9.13 Å². The molecule has 0 saturated heterocycles. The van der Waals surface area contributed by atoms with Crippen molar-refractivity contribution in [2.75, 3.05) is 39.6 Å². The van der Waals surface area contributed by atoms with Crippen molar-refractivity contribution in [2.45, 2.75) is 329 Å². The van der Waals surface area contributed by atoms with Crippen molar-refractivity contribution in [3.8, 4) is 0 Å². The van der Waals surface area contributed by atoms with Gasteiger partial charge >= 0.3 is 39.5 Å². The van der Waals surface area contributed by atoms with Crippen LogP contribution in [0.15, 0.2) is 194 Å². The van der Waals surface area contributed by atoms with Gasteiger partial charge in [-0.05, 0) is 180 Å². The van der Waals surface area contributed by atoms with Crippen LogP contribution in [0.3, 0.4) is 0 Å². The Labute approximate surface area is 678 Å². The highest BCUT2D eigenvalue weighted by molar-refractivity contribution is 7.47. The zero-order valence-corrected chi connectivity index (χ0v) is 71.3. The van der Waals surface area contributed by atoms with Crippen LogP contribution in [0.2, 0.25) is 0 Å². The second-order valence-electron chi connectivity index (χ2n) is 27.6. The highest BCUT2D eigenvalue weighted by Gasteiger charge is 2.30. The number of allylic oxidation sites excluding steroid dienone is 32. The zero-order chi connectivity index (χ0) is 81.7. The van der Waals surface area contributed by atoms with E-state index in [9.17, 15) is 43.2 Å². The van der Waals surface area contributed by atoms with Gasteiger partial charge in [-0.3, -0.25) is 37.3 Å². The van der Waals surface area contributed by atoms with Crippen molar-refractivity contribution in [2.24, 2.45) is 0 Å². The van der Waals surface area contributed by atoms with Gasteiger partial charge in [0.1, 0.15) is 19.3 Å². The van der Waals surface area contributed by atoms with Crippen LogP contribution in [-0.4, -0.2) is 96.7 Å². The van der Waals surface area contributed by atoms with Gasteiger partial charge in [0.15, 0.2) is 12.2 Å². The van der Waals surface area contributed by atoms with E-state index < -0.39 is 97.5 Å².